The Kier molecular flexibility index (Phi) is 3.97. The third kappa shape index (κ3) is 2.67. The van der Waals surface area contributed by atoms with Gasteiger partial charge in [-0.1, -0.05) is 24.3 Å². The summed E-state index contributed by atoms with van der Waals surface area (Å²) in [6.45, 7) is 2.33. The summed E-state index contributed by atoms with van der Waals surface area (Å²) in [5, 5.41) is 0.851. The predicted octanol–water partition coefficient (Wildman–Crippen LogP) is 2.28. The molecule has 0 aliphatic carbocycles. The Hall–Kier alpha value is -1.72. The van der Waals surface area contributed by atoms with Crippen LogP contribution >= 0.6 is 11.3 Å². The highest BCUT2D eigenvalue weighted by Crippen LogP contribution is 2.30. The van der Waals surface area contributed by atoms with Crippen LogP contribution in [-0.2, 0) is 6.54 Å². The number of nitrogens with zero attached hydrogens (tertiary/aromatic N) is 2. The van der Waals surface area contributed by atoms with Crippen molar-refractivity contribution in [1.82, 2.24) is 9.88 Å². The molecular formula is C14H17N3OS. The highest BCUT2D eigenvalue weighted by molar-refractivity contribution is 7.17. The highest BCUT2D eigenvalue weighted by Gasteiger charge is 2.18. The van der Waals surface area contributed by atoms with Crippen LogP contribution in [0.4, 0.5) is 0 Å². The van der Waals surface area contributed by atoms with Crippen molar-refractivity contribution in [1.29, 1.82) is 0 Å². The van der Waals surface area contributed by atoms with E-state index < -0.39 is 0 Å². The number of aryl methyl sites for hydroxylation is 1. The average Bonchev–Trinajstić information content (AvgIpc) is 2.79. The fourth-order valence-electron chi connectivity index (χ4n) is 1.82. The molecule has 0 unspecified atom stereocenters. The average molecular weight is 275 g/mol. The molecule has 0 spiro atoms. The van der Waals surface area contributed by atoms with Gasteiger partial charge in [-0.2, -0.15) is 0 Å². The lowest BCUT2D eigenvalue weighted by Gasteiger charge is -2.07. The van der Waals surface area contributed by atoms with Gasteiger partial charge in [0.2, 0.25) is 0 Å². The minimum atomic E-state index is -0.00789. The SMILES string of the molecule is Cc1nc(-c2ccccc2CN)sc1C(=O)N(C)C. The molecule has 5 heteroatoms. The molecule has 2 N–H and O–H groups in total. The molecule has 19 heavy (non-hydrogen) atoms. The Bertz CT molecular complexity index is 604. The number of thiazole rings is 1. The normalized spacial score (nSPS) is 10.5. The van der Waals surface area contributed by atoms with Gasteiger partial charge in [-0.25, -0.2) is 4.98 Å². The lowest BCUT2D eigenvalue weighted by atomic mass is 10.1. The number of aromatic nitrogens is 1. The number of hydrogen-bond acceptors (Lipinski definition) is 4. The molecule has 0 radical (unpaired) electrons. The molecule has 0 fully saturated rings. The Morgan fingerprint density at radius 3 is 2.68 bits per heavy atom. The lowest BCUT2D eigenvalue weighted by Crippen LogP contribution is -2.21. The molecule has 0 saturated heterocycles. The third-order valence-electron chi connectivity index (χ3n) is 2.86. The van der Waals surface area contributed by atoms with E-state index in [1.165, 1.54) is 11.3 Å². The molecule has 1 heterocycles. The van der Waals surface area contributed by atoms with E-state index in [1.54, 1.807) is 19.0 Å². The maximum absolute atomic E-state index is 12.0. The smallest absolute Gasteiger partial charge is 0.265 e. The summed E-state index contributed by atoms with van der Waals surface area (Å²) < 4.78 is 0. The van der Waals surface area contributed by atoms with Crippen molar-refractivity contribution in [3.8, 4) is 10.6 Å². The minimum Gasteiger partial charge on any atom is -0.344 e. The van der Waals surface area contributed by atoms with E-state index in [-0.39, 0.29) is 5.91 Å². The molecule has 1 aromatic heterocycles. The van der Waals surface area contributed by atoms with Crippen LogP contribution in [0.15, 0.2) is 24.3 Å². The summed E-state index contributed by atoms with van der Waals surface area (Å²) in [6, 6.07) is 7.89. The van der Waals surface area contributed by atoms with E-state index in [0.29, 0.717) is 11.4 Å². The first-order chi connectivity index (χ1) is 9.04. The molecule has 0 aliphatic heterocycles. The van der Waals surface area contributed by atoms with Crippen molar-refractivity contribution < 1.29 is 4.79 Å². The van der Waals surface area contributed by atoms with Crippen molar-refractivity contribution in [2.24, 2.45) is 5.73 Å². The van der Waals surface area contributed by atoms with Gasteiger partial charge in [-0.15, -0.1) is 11.3 Å². The van der Waals surface area contributed by atoms with Gasteiger partial charge in [0.25, 0.3) is 5.91 Å². The maximum atomic E-state index is 12.0. The molecule has 2 rings (SSSR count). The van der Waals surface area contributed by atoms with E-state index in [2.05, 4.69) is 4.98 Å². The van der Waals surface area contributed by atoms with Crippen LogP contribution in [0.25, 0.3) is 10.6 Å². The zero-order valence-electron chi connectivity index (χ0n) is 11.3. The summed E-state index contributed by atoms with van der Waals surface area (Å²) in [7, 11) is 3.49. The molecule has 100 valence electrons. The molecular weight excluding hydrogens is 258 g/mol. The van der Waals surface area contributed by atoms with Crippen LogP contribution in [0.3, 0.4) is 0 Å². The standard InChI is InChI=1S/C14H17N3OS/c1-9-12(14(18)17(2)3)19-13(16-9)11-7-5-4-6-10(11)8-15/h4-7H,8,15H2,1-3H3. The van der Waals surface area contributed by atoms with Gasteiger partial charge < -0.3 is 10.6 Å². The Morgan fingerprint density at radius 2 is 2.05 bits per heavy atom. The van der Waals surface area contributed by atoms with Gasteiger partial charge in [-0.05, 0) is 12.5 Å². The summed E-state index contributed by atoms with van der Waals surface area (Å²) in [5.41, 5.74) is 8.56. The van der Waals surface area contributed by atoms with E-state index >= 15 is 0 Å². The molecule has 1 amide bonds. The molecule has 0 atom stereocenters. The second kappa shape index (κ2) is 5.50. The van der Waals surface area contributed by atoms with Crippen LogP contribution in [0.2, 0.25) is 0 Å². The van der Waals surface area contributed by atoms with E-state index in [4.69, 9.17) is 5.73 Å². The second-order valence-electron chi connectivity index (χ2n) is 4.49. The highest BCUT2D eigenvalue weighted by atomic mass is 32.1. The van der Waals surface area contributed by atoms with Crippen LogP contribution in [0, 0.1) is 6.92 Å². The molecule has 2 aromatic rings. The number of benzene rings is 1. The molecule has 0 bridgehead atoms. The van der Waals surface area contributed by atoms with Crippen LogP contribution in [-0.4, -0.2) is 29.9 Å². The maximum Gasteiger partial charge on any atom is 0.265 e. The number of amides is 1. The van der Waals surface area contributed by atoms with Crippen molar-refractivity contribution >= 4 is 17.2 Å². The molecule has 4 nitrogen and oxygen atoms in total. The van der Waals surface area contributed by atoms with Gasteiger partial charge in [0.05, 0.1) is 5.69 Å². The topological polar surface area (TPSA) is 59.2 Å². The summed E-state index contributed by atoms with van der Waals surface area (Å²) >= 11 is 1.42. The fourth-order valence-corrected chi connectivity index (χ4v) is 2.97. The third-order valence-corrected chi connectivity index (χ3v) is 4.04. The number of hydrogen-bond donors (Lipinski definition) is 1. The van der Waals surface area contributed by atoms with E-state index in [1.807, 2.05) is 31.2 Å². The van der Waals surface area contributed by atoms with Crippen molar-refractivity contribution in [3.05, 3.63) is 40.4 Å². The quantitative estimate of drug-likeness (QED) is 0.935. The second-order valence-corrected chi connectivity index (χ2v) is 5.49. The van der Waals surface area contributed by atoms with Crippen LogP contribution in [0.1, 0.15) is 20.9 Å². The number of carbonyl (C=O) groups excluding carboxylic acids is 1. The summed E-state index contributed by atoms with van der Waals surface area (Å²) in [6.07, 6.45) is 0. The lowest BCUT2D eigenvalue weighted by molar-refractivity contribution is 0.0831. The predicted molar refractivity (Wildman–Crippen MR) is 78.2 cm³/mol. The number of rotatable bonds is 3. The van der Waals surface area contributed by atoms with E-state index in [9.17, 15) is 4.79 Å². The summed E-state index contributed by atoms with van der Waals surface area (Å²) in [4.78, 5) is 18.8. The Morgan fingerprint density at radius 1 is 1.37 bits per heavy atom. The molecule has 1 aromatic carbocycles. The van der Waals surface area contributed by atoms with Gasteiger partial charge >= 0.3 is 0 Å². The Labute approximate surface area is 116 Å². The minimum absolute atomic E-state index is 0.00789. The van der Waals surface area contributed by atoms with Gasteiger partial charge in [0.15, 0.2) is 0 Å². The number of carbonyl (C=O) groups is 1. The van der Waals surface area contributed by atoms with Gasteiger partial charge in [-0.3, -0.25) is 4.79 Å². The first-order valence-electron chi connectivity index (χ1n) is 6.02. The Balaban J connectivity index is 2.48. The first kappa shape index (κ1) is 13.7. The zero-order valence-corrected chi connectivity index (χ0v) is 12.1. The van der Waals surface area contributed by atoms with E-state index in [0.717, 1.165) is 21.8 Å². The molecule has 0 aliphatic rings. The van der Waals surface area contributed by atoms with Gasteiger partial charge in [0.1, 0.15) is 9.88 Å². The van der Waals surface area contributed by atoms with Crippen molar-refractivity contribution in [2.75, 3.05) is 14.1 Å². The monoisotopic (exact) mass is 275 g/mol. The zero-order chi connectivity index (χ0) is 14.0. The van der Waals surface area contributed by atoms with Crippen LogP contribution in [0.5, 0.6) is 0 Å². The van der Waals surface area contributed by atoms with Crippen molar-refractivity contribution in [3.63, 3.8) is 0 Å². The largest absolute Gasteiger partial charge is 0.344 e. The fraction of sp³-hybridized carbons (Fsp3) is 0.286. The number of nitrogens with two attached hydrogens (primary N) is 1. The summed E-state index contributed by atoms with van der Waals surface area (Å²) in [5.74, 6) is -0.00789. The first-order valence-corrected chi connectivity index (χ1v) is 6.83. The van der Waals surface area contributed by atoms with Crippen LogP contribution < -0.4 is 5.73 Å². The molecule has 0 saturated carbocycles. The van der Waals surface area contributed by atoms with Gasteiger partial charge in [0, 0.05) is 26.2 Å². The van der Waals surface area contributed by atoms with Crippen molar-refractivity contribution in [2.45, 2.75) is 13.5 Å².